The second-order valence-electron chi connectivity index (χ2n) is 6.71. The van der Waals surface area contributed by atoms with E-state index in [1.54, 1.807) is 0 Å². The molecular formula is C24H26N2S2. The number of rotatable bonds is 7. The third-order valence-electron chi connectivity index (χ3n) is 4.64. The maximum Gasteiger partial charge on any atom is 0.171 e. The Hall–Kier alpha value is -2.30. The van der Waals surface area contributed by atoms with Crippen LogP contribution in [0.2, 0.25) is 0 Å². The van der Waals surface area contributed by atoms with E-state index in [2.05, 4.69) is 97.3 Å². The highest BCUT2D eigenvalue weighted by molar-refractivity contribution is 7.98. The van der Waals surface area contributed by atoms with Gasteiger partial charge in [0.2, 0.25) is 0 Å². The Morgan fingerprint density at radius 2 is 1.61 bits per heavy atom. The zero-order chi connectivity index (χ0) is 19.8. The maximum atomic E-state index is 5.54. The topological polar surface area (TPSA) is 24.1 Å². The molecule has 0 aliphatic carbocycles. The van der Waals surface area contributed by atoms with Crippen LogP contribution in [-0.4, -0.2) is 5.11 Å². The summed E-state index contributed by atoms with van der Waals surface area (Å²) in [6.07, 6.45) is 0.975. The molecule has 0 radical (unpaired) electrons. The average Bonchev–Trinajstić information content (AvgIpc) is 2.73. The lowest BCUT2D eigenvalue weighted by molar-refractivity contribution is 0.625. The van der Waals surface area contributed by atoms with Crippen LogP contribution in [0.4, 0.5) is 5.69 Å². The van der Waals surface area contributed by atoms with Crippen molar-refractivity contribution in [2.45, 2.75) is 37.0 Å². The molecule has 0 spiro atoms. The second-order valence-corrected chi connectivity index (χ2v) is 8.17. The summed E-state index contributed by atoms with van der Waals surface area (Å²) in [5.74, 6) is 0.957. The molecule has 0 bridgehead atoms. The van der Waals surface area contributed by atoms with Crippen LogP contribution in [0.5, 0.6) is 0 Å². The van der Waals surface area contributed by atoms with E-state index in [1.807, 2.05) is 17.8 Å². The highest BCUT2D eigenvalue weighted by Crippen LogP contribution is 2.23. The predicted molar refractivity (Wildman–Crippen MR) is 126 cm³/mol. The van der Waals surface area contributed by atoms with Gasteiger partial charge in [-0.3, -0.25) is 0 Å². The molecule has 1 atom stereocenters. The molecule has 0 unspecified atom stereocenters. The third-order valence-corrected chi connectivity index (χ3v) is 5.94. The Balaban J connectivity index is 1.54. The number of anilines is 1. The van der Waals surface area contributed by atoms with Crippen molar-refractivity contribution in [1.82, 2.24) is 5.32 Å². The van der Waals surface area contributed by atoms with Gasteiger partial charge < -0.3 is 10.6 Å². The van der Waals surface area contributed by atoms with Crippen LogP contribution in [0.1, 0.15) is 36.1 Å². The third kappa shape index (κ3) is 5.85. The molecule has 0 fully saturated rings. The van der Waals surface area contributed by atoms with E-state index in [9.17, 15) is 0 Å². The van der Waals surface area contributed by atoms with Crippen LogP contribution in [0, 0.1) is 6.92 Å². The molecule has 3 rings (SSSR count). The first-order valence-electron chi connectivity index (χ1n) is 9.55. The summed E-state index contributed by atoms with van der Waals surface area (Å²) < 4.78 is 0. The van der Waals surface area contributed by atoms with Gasteiger partial charge in [-0.2, -0.15) is 0 Å². The van der Waals surface area contributed by atoms with Crippen molar-refractivity contribution >= 4 is 34.8 Å². The van der Waals surface area contributed by atoms with Gasteiger partial charge in [-0.25, -0.2) is 0 Å². The molecule has 2 N–H and O–H groups in total. The molecule has 4 heteroatoms. The summed E-state index contributed by atoms with van der Waals surface area (Å²) in [5.41, 5.74) is 4.88. The number of hydrogen-bond donors (Lipinski definition) is 2. The van der Waals surface area contributed by atoms with Crippen LogP contribution in [-0.2, 0) is 5.75 Å². The summed E-state index contributed by atoms with van der Waals surface area (Å²) in [4.78, 5) is 1.29. The van der Waals surface area contributed by atoms with Gasteiger partial charge in [0.1, 0.15) is 0 Å². The van der Waals surface area contributed by atoms with Crippen molar-refractivity contribution in [1.29, 1.82) is 0 Å². The smallest absolute Gasteiger partial charge is 0.171 e. The molecule has 3 aromatic rings. The van der Waals surface area contributed by atoms with E-state index in [4.69, 9.17) is 12.2 Å². The molecule has 0 saturated carbocycles. The quantitative estimate of drug-likeness (QED) is 0.336. The number of benzene rings is 3. The Morgan fingerprint density at radius 1 is 0.929 bits per heavy atom. The van der Waals surface area contributed by atoms with Crippen molar-refractivity contribution in [2.75, 3.05) is 5.32 Å². The van der Waals surface area contributed by atoms with Crippen LogP contribution >= 0.6 is 24.0 Å². The molecule has 0 saturated heterocycles. The highest BCUT2D eigenvalue weighted by Gasteiger charge is 2.12. The summed E-state index contributed by atoms with van der Waals surface area (Å²) in [6, 6.07) is 27.6. The first-order valence-corrected chi connectivity index (χ1v) is 10.9. The fourth-order valence-corrected chi connectivity index (χ4v) is 4.21. The predicted octanol–water partition coefficient (Wildman–Crippen LogP) is 6.73. The average molecular weight is 407 g/mol. The molecule has 2 nitrogen and oxygen atoms in total. The molecule has 0 aliphatic heterocycles. The van der Waals surface area contributed by atoms with Gasteiger partial charge in [-0.15, -0.1) is 11.8 Å². The normalized spacial score (nSPS) is 11.6. The summed E-state index contributed by atoms with van der Waals surface area (Å²) in [6.45, 7) is 4.31. The van der Waals surface area contributed by atoms with E-state index >= 15 is 0 Å². The molecule has 0 amide bonds. The number of aryl methyl sites for hydroxylation is 1. The van der Waals surface area contributed by atoms with Crippen LogP contribution < -0.4 is 10.6 Å². The summed E-state index contributed by atoms with van der Waals surface area (Å²) >= 11 is 7.39. The van der Waals surface area contributed by atoms with E-state index in [-0.39, 0.29) is 6.04 Å². The van der Waals surface area contributed by atoms with Crippen LogP contribution in [0.15, 0.2) is 83.8 Å². The SMILES string of the molecule is CC[C@@H](NC(=S)Nc1ccc(CSc2ccccc2)cc1)c1ccccc1C. The number of nitrogens with one attached hydrogen (secondary N) is 2. The van der Waals surface area contributed by atoms with E-state index in [1.165, 1.54) is 21.6 Å². The minimum Gasteiger partial charge on any atom is -0.356 e. The van der Waals surface area contributed by atoms with Crippen molar-refractivity contribution in [3.05, 3.63) is 95.6 Å². The monoisotopic (exact) mass is 406 g/mol. The lowest BCUT2D eigenvalue weighted by Crippen LogP contribution is -2.32. The minimum absolute atomic E-state index is 0.211. The van der Waals surface area contributed by atoms with Gasteiger partial charge in [0, 0.05) is 16.3 Å². The summed E-state index contributed by atoms with van der Waals surface area (Å²) in [5, 5.41) is 7.41. The maximum absolute atomic E-state index is 5.54. The molecule has 3 aromatic carbocycles. The van der Waals surface area contributed by atoms with Crippen molar-refractivity contribution in [2.24, 2.45) is 0 Å². The molecule has 144 valence electrons. The molecule has 0 aliphatic rings. The van der Waals surface area contributed by atoms with Crippen molar-refractivity contribution < 1.29 is 0 Å². The van der Waals surface area contributed by atoms with E-state index < -0.39 is 0 Å². The van der Waals surface area contributed by atoms with Crippen LogP contribution in [0.3, 0.4) is 0 Å². The largest absolute Gasteiger partial charge is 0.356 e. The molecule has 0 heterocycles. The first-order chi connectivity index (χ1) is 13.7. The van der Waals surface area contributed by atoms with Gasteiger partial charge in [0.25, 0.3) is 0 Å². The Bertz CT molecular complexity index is 892. The Kier molecular flexibility index (Phi) is 7.52. The second kappa shape index (κ2) is 10.3. The van der Waals surface area contributed by atoms with E-state index in [0.717, 1.165) is 17.9 Å². The van der Waals surface area contributed by atoms with Gasteiger partial charge in [-0.05, 0) is 66.5 Å². The highest BCUT2D eigenvalue weighted by atomic mass is 32.2. The molecule has 28 heavy (non-hydrogen) atoms. The van der Waals surface area contributed by atoms with E-state index in [0.29, 0.717) is 5.11 Å². The Morgan fingerprint density at radius 3 is 2.29 bits per heavy atom. The fraction of sp³-hybridized carbons (Fsp3) is 0.208. The van der Waals surface area contributed by atoms with Gasteiger partial charge in [0.15, 0.2) is 5.11 Å². The van der Waals surface area contributed by atoms with Gasteiger partial charge in [0.05, 0.1) is 6.04 Å². The van der Waals surface area contributed by atoms with Gasteiger partial charge >= 0.3 is 0 Å². The lowest BCUT2D eigenvalue weighted by Gasteiger charge is -2.21. The van der Waals surface area contributed by atoms with Crippen molar-refractivity contribution in [3.63, 3.8) is 0 Å². The number of thioether (sulfide) groups is 1. The summed E-state index contributed by atoms with van der Waals surface area (Å²) in [7, 11) is 0. The van der Waals surface area contributed by atoms with Gasteiger partial charge in [-0.1, -0.05) is 61.5 Å². The fourth-order valence-electron chi connectivity index (χ4n) is 3.07. The lowest BCUT2D eigenvalue weighted by atomic mass is 10.00. The zero-order valence-electron chi connectivity index (χ0n) is 16.3. The molecule has 0 aromatic heterocycles. The zero-order valence-corrected chi connectivity index (χ0v) is 17.9. The van der Waals surface area contributed by atoms with Crippen LogP contribution in [0.25, 0.3) is 0 Å². The first kappa shape index (κ1) is 20.4. The van der Waals surface area contributed by atoms with Crippen molar-refractivity contribution in [3.8, 4) is 0 Å². The molecular weight excluding hydrogens is 380 g/mol. The minimum atomic E-state index is 0.211. The Labute approximate surface area is 177 Å². The standard InChI is InChI=1S/C24H26N2S2/c1-3-23(22-12-8-7-9-18(22)2)26-24(27)25-20-15-13-19(14-16-20)17-28-21-10-5-4-6-11-21/h4-16,23H,3,17H2,1-2H3,(H2,25,26,27)/t23-/m1/s1. The number of thiocarbonyl (C=S) groups is 1. The number of hydrogen-bond acceptors (Lipinski definition) is 2.